The molecular formula is C21H32N4O4S. The van der Waals surface area contributed by atoms with Gasteiger partial charge in [0.15, 0.2) is 0 Å². The molecule has 2 saturated heterocycles. The minimum atomic E-state index is -3.27. The first-order valence-corrected chi connectivity index (χ1v) is 12.3. The number of carbonyl (C=O) groups is 2. The number of piperazine rings is 1. The molecule has 166 valence electrons. The van der Waals surface area contributed by atoms with Gasteiger partial charge in [-0.05, 0) is 37.8 Å². The zero-order chi connectivity index (χ0) is 21.9. The van der Waals surface area contributed by atoms with E-state index in [4.69, 9.17) is 0 Å². The van der Waals surface area contributed by atoms with E-state index in [1.165, 1.54) is 10.6 Å². The summed E-state index contributed by atoms with van der Waals surface area (Å²) in [6, 6.07) is 5.92. The van der Waals surface area contributed by atoms with Crippen molar-refractivity contribution in [1.82, 2.24) is 14.1 Å². The van der Waals surface area contributed by atoms with Gasteiger partial charge in [-0.25, -0.2) is 12.7 Å². The van der Waals surface area contributed by atoms with Gasteiger partial charge in [-0.15, -0.1) is 0 Å². The smallest absolute Gasteiger partial charge is 0.238 e. The summed E-state index contributed by atoms with van der Waals surface area (Å²) in [7, 11) is -3.27. The minimum absolute atomic E-state index is 0.0305. The second kappa shape index (κ2) is 9.45. The lowest BCUT2D eigenvalue weighted by atomic mass is 9.98. The number of nitrogens with one attached hydrogen (secondary N) is 1. The fourth-order valence-electron chi connectivity index (χ4n) is 4.22. The van der Waals surface area contributed by atoms with Gasteiger partial charge in [-0.2, -0.15) is 0 Å². The summed E-state index contributed by atoms with van der Waals surface area (Å²) in [5.74, 6) is -0.293. The normalized spacial score (nSPS) is 21.4. The molecule has 0 saturated carbocycles. The highest BCUT2D eigenvalue weighted by Crippen LogP contribution is 2.22. The molecule has 3 rings (SSSR count). The SMILES string of the molecule is Cc1cccc(C)c1NC(=O)CN1CCN(C(=O)C2CCCN(S(C)(=O)=O)C2)CC1. The predicted molar refractivity (Wildman–Crippen MR) is 117 cm³/mol. The van der Waals surface area contributed by atoms with Crippen molar-refractivity contribution in [2.24, 2.45) is 5.92 Å². The van der Waals surface area contributed by atoms with Crippen LogP contribution in [0.2, 0.25) is 0 Å². The van der Waals surface area contributed by atoms with Crippen molar-refractivity contribution in [2.75, 3.05) is 57.4 Å². The van der Waals surface area contributed by atoms with Crippen LogP contribution in [0.3, 0.4) is 0 Å². The van der Waals surface area contributed by atoms with Crippen LogP contribution in [0.4, 0.5) is 5.69 Å². The van der Waals surface area contributed by atoms with Crippen LogP contribution in [0.15, 0.2) is 18.2 Å². The molecule has 2 heterocycles. The van der Waals surface area contributed by atoms with Gasteiger partial charge in [0.1, 0.15) is 0 Å². The van der Waals surface area contributed by atoms with E-state index in [0.717, 1.165) is 23.2 Å². The van der Waals surface area contributed by atoms with Crippen LogP contribution in [-0.4, -0.2) is 86.4 Å². The van der Waals surface area contributed by atoms with Crippen LogP contribution in [0.5, 0.6) is 0 Å². The molecule has 1 unspecified atom stereocenters. The van der Waals surface area contributed by atoms with Gasteiger partial charge in [0.05, 0.1) is 18.7 Å². The maximum absolute atomic E-state index is 12.9. The Kier molecular flexibility index (Phi) is 7.15. The maximum atomic E-state index is 12.9. The first kappa shape index (κ1) is 22.7. The molecule has 0 aromatic heterocycles. The Hall–Kier alpha value is -1.97. The van der Waals surface area contributed by atoms with E-state index >= 15 is 0 Å². The number of amides is 2. The lowest BCUT2D eigenvalue weighted by Gasteiger charge is -2.38. The quantitative estimate of drug-likeness (QED) is 0.745. The van der Waals surface area contributed by atoms with Gasteiger partial charge in [-0.1, -0.05) is 18.2 Å². The molecule has 9 heteroatoms. The number of hydrogen-bond donors (Lipinski definition) is 1. The molecular weight excluding hydrogens is 404 g/mol. The molecule has 2 aliphatic rings. The van der Waals surface area contributed by atoms with Crippen molar-refractivity contribution in [3.05, 3.63) is 29.3 Å². The number of benzene rings is 1. The number of nitrogens with zero attached hydrogens (tertiary/aromatic N) is 3. The lowest BCUT2D eigenvalue weighted by Crippen LogP contribution is -2.53. The minimum Gasteiger partial charge on any atom is -0.340 e. The molecule has 2 fully saturated rings. The van der Waals surface area contributed by atoms with Crippen molar-refractivity contribution in [3.8, 4) is 0 Å². The molecule has 1 aromatic carbocycles. The summed E-state index contributed by atoms with van der Waals surface area (Å²) in [5.41, 5.74) is 2.94. The molecule has 8 nitrogen and oxygen atoms in total. The number of hydrogen-bond acceptors (Lipinski definition) is 5. The van der Waals surface area contributed by atoms with Crippen molar-refractivity contribution in [3.63, 3.8) is 0 Å². The average molecular weight is 437 g/mol. The number of rotatable bonds is 5. The molecule has 30 heavy (non-hydrogen) atoms. The summed E-state index contributed by atoms with van der Waals surface area (Å²) in [4.78, 5) is 29.2. The van der Waals surface area contributed by atoms with E-state index in [2.05, 4.69) is 10.2 Å². The van der Waals surface area contributed by atoms with Crippen LogP contribution in [0, 0.1) is 19.8 Å². The Labute approximate surface area is 179 Å². The first-order chi connectivity index (χ1) is 14.1. The number of aryl methyl sites for hydroxylation is 2. The predicted octanol–water partition coefficient (Wildman–Crippen LogP) is 1.06. The van der Waals surface area contributed by atoms with E-state index < -0.39 is 10.0 Å². The van der Waals surface area contributed by atoms with E-state index in [1.807, 2.05) is 36.9 Å². The number of anilines is 1. The van der Waals surface area contributed by atoms with Crippen LogP contribution in [0.25, 0.3) is 0 Å². The van der Waals surface area contributed by atoms with Crippen LogP contribution in [-0.2, 0) is 19.6 Å². The molecule has 1 aromatic rings. The average Bonchev–Trinajstić information content (AvgIpc) is 2.70. The Morgan fingerprint density at radius 3 is 2.30 bits per heavy atom. The number of piperidine rings is 1. The van der Waals surface area contributed by atoms with Crippen molar-refractivity contribution in [1.29, 1.82) is 0 Å². The molecule has 0 spiro atoms. The lowest BCUT2D eigenvalue weighted by molar-refractivity contribution is -0.138. The molecule has 2 aliphatic heterocycles. The van der Waals surface area contributed by atoms with Gasteiger partial charge < -0.3 is 10.2 Å². The molecule has 1 atom stereocenters. The van der Waals surface area contributed by atoms with Gasteiger partial charge in [0.25, 0.3) is 0 Å². The molecule has 1 N–H and O–H groups in total. The maximum Gasteiger partial charge on any atom is 0.238 e. The monoisotopic (exact) mass is 436 g/mol. The Balaban J connectivity index is 1.48. The Morgan fingerprint density at radius 1 is 1.07 bits per heavy atom. The zero-order valence-corrected chi connectivity index (χ0v) is 18.9. The third kappa shape index (κ3) is 5.59. The van der Waals surface area contributed by atoms with Gasteiger partial charge in [0, 0.05) is 45.0 Å². The fraction of sp³-hybridized carbons (Fsp3) is 0.619. The first-order valence-electron chi connectivity index (χ1n) is 10.5. The van der Waals surface area contributed by atoms with Gasteiger partial charge in [0.2, 0.25) is 21.8 Å². The molecule has 2 amide bonds. The summed E-state index contributed by atoms with van der Waals surface area (Å²) in [5, 5.41) is 3.01. The number of sulfonamides is 1. The largest absolute Gasteiger partial charge is 0.340 e. The van der Waals surface area contributed by atoms with Crippen molar-refractivity contribution >= 4 is 27.5 Å². The van der Waals surface area contributed by atoms with Gasteiger partial charge in [-0.3, -0.25) is 14.5 Å². The summed E-state index contributed by atoms with van der Waals surface area (Å²) in [6.07, 6.45) is 2.63. The van der Waals surface area contributed by atoms with E-state index in [-0.39, 0.29) is 24.3 Å². The summed E-state index contributed by atoms with van der Waals surface area (Å²) < 4.78 is 25.0. The molecule has 0 radical (unpaired) electrons. The highest BCUT2D eigenvalue weighted by Gasteiger charge is 2.33. The standard InChI is InChI=1S/C21H32N4O4S/c1-16-6-4-7-17(2)20(16)22-19(26)15-23-10-12-24(13-11-23)21(27)18-8-5-9-25(14-18)30(3,28)29/h4,6-7,18H,5,8-15H2,1-3H3,(H,22,26). The Bertz CT molecular complexity index is 874. The fourth-order valence-corrected chi connectivity index (χ4v) is 5.13. The van der Waals surface area contributed by atoms with Crippen LogP contribution >= 0.6 is 0 Å². The highest BCUT2D eigenvalue weighted by molar-refractivity contribution is 7.88. The van der Waals surface area contributed by atoms with Crippen LogP contribution in [0.1, 0.15) is 24.0 Å². The van der Waals surface area contributed by atoms with Crippen LogP contribution < -0.4 is 5.32 Å². The second-order valence-electron chi connectivity index (χ2n) is 8.38. The highest BCUT2D eigenvalue weighted by atomic mass is 32.2. The number of para-hydroxylation sites is 1. The van der Waals surface area contributed by atoms with Crippen molar-refractivity contribution < 1.29 is 18.0 Å². The zero-order valence-electron chi connectivity index (χ0n) is 18.1. The third-order valence-electron chi connectivity index (χ3n) is 6.00. The Morgan fingerprint density at radius 2 is 1.70 bits per heavy atom. The van der Waals surface area contributed by atoms with E-state index in [1.54, 1.807) is 0 Å². The van der Waals surface area contributed by atoms with E-state index in [9.17, 15) is 18.0 Å². The third-order valence-corrected chi connectivity index (χ3v) is 7.27. The molecule has 0 aliphatic carbocycles. The topological polar surface area (TPSA) is 90.0 Å². The second-order valence-corrected chi connectivity index (χ2v) is 10.4. The number of carbonyl (C=O) groups excluding carboxylic acids is 2. The molecule has 0 bridgehead atoms. The van der Waals surface area contributed by atoms with E-state index in [0.29, 0.717) is 45.7 Å². The summed E-state index contributed by atoms with van der Waals surface area (Å²) in [6.45, 7) is 7.40. The summed E-state index contributed by atoms with van der Waals surface area (Å²) >= 11 is 0. The van der Waals surface area contributed by atoms with Gasteiger partial charge >= 0.3 is 0 Å². The van der Waals surface area contributed by atoms with Crippen molar-refractivity contribution in [2.45, 2.75) is 26.7 Å².